The lowest BCUT2D eigenvalue weighted by molar-refractivity contribution is 0.0630. The zero-order valence-electron chi connectivity index (χ0n) is 13.7. The number of benzene rings is 1. The molecule has 3 heterocycles. The summed E-state index contributed by atoms with van der Waals surface area (Å²) in [6.07, 6.45) is 1.45. The van der Waals surface area contributed by atoms with Crippen LogP contribution in [0.2, 0.25) is 0 Å². The summed E-state index contributed by atoms with van der Waals surface area (Å²) in [4.78, 5) is 32.9. The van der Waals surface area contributed by atoms with Crippen LogP contribution in [-0.4, -0.2) is 37.1 Å². The molecule has 0 saturated heterocycles. The van der Waals surface area contributed by atoms with Crippen molar-refractivity contribution in [2.75, 3.05) is 6.54 Å². The summed E-state index contributed by atoms with van der Waals surface area (Å²) in [6, 6.07) is 12.5. The predicted molar refractivity (Wildman–Crippen MR) is 92.0 cm³/mol. The Hall–Kier alpha value is -3.22. The minimum absolute atomic E-state index is 0.126. The molecular formula is C18H17N5O2. The van der Waals surface area contributed by atoms with Crippen molar-refractivity contribution in [2.45, 2.75) is 19.5 Å². The number of carbonyl (C=O) groups is 1. The fourth-order valence-electron chi connectivity index (χ4n) is 3.06. The van der Waals surface area contributed by atoms with E-state index < -0.39 is 0 Å². The van der Waals surface area contributed by atoms with Gasteiger partial charge < -0.3 is 9.88 Å². The van der Waals surface area contributed by atoms with Crippen LogP contribution >= 0.6 is 0 Å². The van der Waals surface area contributed by atoms with Crippen LogP contribution in [0, 0.1) is 0 Å². The summed E-state index contributed by atoms with van der Waals surface area (Å²) >= 11 is 0. The van der Waals surface area contributed by atoms with Gasteiger partial charge in [-0.2, -0.15) is 5.10 Å². The second-order valence-electron chi connectivity index (χ2n) is 6.00. The van der Waals surface area contributed by atoms with E-state index in [4.69, 9.17) is 0 Å². The molecule has 2 aromatic heterocycles. The third-order valence-electron chi connectivity index (χ3n) is 4.42. The molecule has 1 amide bonds. The molecular weight excluding hydrogens is 318 g/mol. The third-order valence-corrected chi connectivity index (χ3v) is 4.42. The Balaban J connectivity index is 1.64. The van der Waals surface area contributed by atoms with E-state index in [1.54, 1.807) is 11.0 Å². The fraction of sp³-hybridized carbons (Fsp3) is 0.222. The lowest BCUT2D eigenvalue weighted by Gasteiger charge is -2.32. The van der Waals surface area contributed by atoms with Gasteiger partial charge in [-0.15, -0.1) is 0 Å². The summed E-state index contributed by atoms with van der Waals surface area (Å²) in [7, 11) is 0. The molecule has 1 N–H and O–H groups in total. The number of carbonyl (C=O) groups excluding carboxylic acids is 1. The van der Waals surface area contributed by atoms with Crippen molar-refractivity contribution < 1.29 is 4.79 Å². The van der Waals surface area contributed by atoms with Crippen LogP contribution in [0.15, 0.2) is 53.5 Å². The van der Waals surface area contributed by atoms with Crippen LogP contribution in [0.3, 0.4) is 0 Å². The highest BCUT2D eigenvalue weighted by molar-refractivity contribution is 5.94. The smallest absolute Gasteiger partial charge is 0.256 e. The molecule has 1 atom stereocenters. The highest BCUT2D eigenvalue weighted by atomic mass is 16.2. The minimum atomic E-state index is -0.226. The van der Waals surface area contributed by atoms with Gasteiger partial charge in [0.05, 0.1) is 18.2 Å². The first-order valence-electron chi connectivity index (χ1n) is 8.13. The number of nitrogens with one attached hydrogen (secondary N) is 1. The highest BCUT2D eigenvalue weighted by Gasteiger charge is 2.31. The maximum absolute atomic E-state index is 12.8. The Morgan fingerprint density at radius 2 is 1.96 bits per heavy atom. The maximum Gasteiger partial charge on any atom is 0.256 e. The Morgan fingerprint density at radius 1 is 1.16 bits per heavy atom. The molecule has 1 aliphatic rings. The molecule has 3 aromatic rings. The molecule has 4 rings (SSSR count). The van der Waals surface area contributed by atoms with Crippen molar-refractivity contribution in [2.24, 2.45) is 0 Å². The zero-order chi connectivity index (χ0) is 17.4. The van der Waals surface area contributed by atoms with Crippen LogP contribution in [0.25, 0.3) is 11.4 Å². The van der Waals surface area contributed by atoms with Gasteiger partial charge in [0, 0.05) is 24.4 Å². The lowest BCUT2D eigenvalue weighted by atomic mass is 10.1. The first kappa shape index (κ1) is 15.3. The van der Waals surface area contributed by atoms with Gasteiger partial charge in [-0.05, 0) is 13.0 Å². The largest absolute Gasteiger partial charge is 0.328 e. The van der Waals surface area contributed by atoms with E-state index in [2.05, 4.69) is 15.1 Å². The molecule has 0 bridgehead atoms. The van der Waals surface area contributed by atoms with E-state index in [9.17, 15) is 9.59 Å². The summed E-state index contributed by atoms with van der Waals surface area (Å²) in [6.45, 7) is 3.08. The minimum Gasteiger partial charge on any atom is -0.328 e. The van der Waals surface area contributed by atoms with Gasteiger partial charge in [-0.3, -0.25) is 9.59 Å². The van der Waals surface area contributed by atoms with Gasteiger partial charge in [-0.25, -0.2) is 9.67 Å². The number of H-pyrrole nitrogens is 1. The first-order chi connectivity index (χ1) is 12.1. The Bertz CT molecular complexity index is 956. The van der Waals surface area contributed by atoms with Gasteiger partial charge in [0.25, 0.3) is 5.91 Å². The van der Waals surface area contributed by atoms with Crippen LogP contribution in [0.5, 0.6) is 0 Å². The molecule has 1 aromatic carbocycles. The van der Waals surface area contributed by atoms with Crippen molar-refractivity contribution in [3.8, 4) is 11.4 Å². The normalized spacial score (nSPS) is 16.5. The number of amides is 1. The van der Waals surface area contributed by atoms with Gasteiger partial charge >= 0.3 is 0 Å². The van der Waals surface area contributed by atoms with Crippen LogP contribution in [-0.2, 0) is 6.54 Å². The maximum atomic E-state index is 12.8. The summed E-state index contributed by atoms with van der Waals surface area (Å²) in [5.41, 5.74) is 1.19. The number of hydrogen-bond donors (Lipinski definition) is 1. The van der Waals surface area contributed by atoms with E-state index in [1.807, 2.05) is 41.9 Å². The molecule has 0 aliphatic carbocycles. The zero-order valence-corrected chi connectivity index (χ0v) is 13.7. The average molecular weight is 335 g/mol. The van der Waals surface area contributed by atoms with Gasteiger partial charge in [0.1, 0.15) is 5.82 Å². The number of nitrogens with zero attached hydrogens (tertiary/aromatic N) is 4. The van der Waals surface area contributed by atoms with Crippen molar-refractivity contribution in [1.82, 2.24) is 24.6 Å². The van der Waals surface area contributed by atoms with Gasteiger partial charge in [-0.1, -0.05) is 30.3 Å². The van der Waals surface area contributed by atoms with Gasteiger partial charge in [0.15, 0.2) is 5.82 Å². The van der Waals surface area contributed by atoms with Crippen LogP contribution in [0.4, 0.5) is 0 Å². The van der Waals surface area contributed by atoms with Crippen molar-refractivity contribution in [3.63, 3.8) is 0 Å². The Kier molecular flexibility index (Phi) is 3.68. The Labute approximate surface area is 143 Å². The molecule has 25 heavy (non-hydrogen) atoms. The monoisotopic (exact) mass is 335 g/mol. The molecule has 0 unspecified atom stereocenters. The second-order valence-corrected chi connectivity index (χ2v) is 6.00. The number of rotatable bonds is 2. The molecule has 0 spiro atoms. The number of fused-ring (bicyclic) bond motifs is 1. The van der Waals surface area contributed by atoms with Crippen LogP contribution < -0.4 is 5.56 Å². The number of aromatic amines is 1. The number of hydrogen-bond acceptors (Lipinski definition) is 4. The Morgan fingerprint density at radius 3 is 2.68 bits per heavy atom. The quantitative estimate of drug-likeness (QED) is 0.775. The summed E-state index contributed by atoms with van der Waals surface area (Å²) in [5.74, 6) is 1.31. The second kappa shape index (κ2) is 6.01. The lowest BCUT2D eigenvalue weighted by Crippen LogP contribution is -2.41. The molecule has 1 aliphatic heterocycles. The van der Waals surface area contributed by atoms with E-state index in [0.717, 1.165) is 11.4 Å². The standard InChI is InChI=1S/C18H17N5O2/c1-12-17-20-16(13-5-3-2-4-6-13)21-23(17)10-9-22(12)18(25)14-7-8-15(24)19-11-14/h2-8,11-12H,9-10H2,1H3,(H,19,24)/t12-/m0/s1. The topological polar surface area (TPSA) is 83.9 Å². The molecule has 126 valence electrons. The average Bonchev–Trinajstić information content (AvgIpc) is 3.08. The van der Waals surface area contributed by atoms with E-state index in [1.165, 1.54) is 12.3 Å². The van der Waals surface area contributed by atoms with E-state index >= 15 is 0 Å². The SMILES string of the molecule is C[C@H]1c2nc(-c3ccccc3)nn2CCN1C(=O)c1ccc(=O)[nH]c1. The first-order valence-corrected chi connectivity index (χ1v) is 8.13. The highest BCUT2D eigenvalue weighted by Crippen LogP contribution is 2.27. The molecule has 7 nitrogen and oxygen atoms in total. The number of pyridine rings is 1. The summed E-state index contributed by atoms with van der Waals surface area (Å²) in [5, 5.41) is 4.57. The van der Waals surface area contributed by atoms with Crippen molar-refractivity contribution >= 4 is 5.91 Å². The molecule has 0 fully saturated rings. The molecule has 0 radical (unpaired) electrons. The van der Waals surface area contributed by atoms with E-state index in [0.29, 0.717) is 24.5 Å². The summed E-state index contributed by atoms with van der Waals surface area (Å²) < 4.78 is 1.86. The van der Waals surface area contributed by atoms with E-state index in [-0.39, 0.29) is 17.5 Å². The van der Waals surface area contributed by atoms with Crippen LogP contribution in [0.1, 0.15) is 29.1 Å². The fourth-order valence-corrected chi connectivity index (χ4v) is 3.06. The molecule has 7 heteroatoms. The number of aromatic nitrogens is 4. The van der Waals surface area contributed by atoms with Gasteiger partial charge in [0.2, 0.25) is 5.56 Å². The third kappa shape index (κ3) is 2.73. The molecule has 0 saturated carbocycles. The van der Waals surface area contributed by atoms with Crippen molar-refractivity contribution in [1.29, 1.82) is 0 Å². The predicted octanol–water partition coefficient (Wildman–Crippen LogP) is 1.85. The van der Waals surface area contributed by atoms with Crippen molar-refractivity contribution in [3.05, 3.63) is 70.4 Å².